The van der Waals surface area contributed by atoms with Crippen LogP contribution in [-0.4, -0.2) is 7.05 Å². The maximum absolute atomic E-state index is 3.41. The molecule has 1 N–H and O–H groups in total. The largest absolute Gasteiger partial charge is 0.313 e. The first-order valence-electron chi connectivity index (χ1n) is 4.53. The minimum absolute atomic E-state index is 0.622. The molecule has 1 aliphatic carbocycles. The predicted octanol–water partition coefficient (Wildman–Crippen LogP) is 2.73. The summed E-state index contributed by atoms with van der Waals surface area (Å²) in [6, 6.07) is 0.622. The Morgan fingerprint density at radius 1 is 1.50 bits per heavy atom. The molecule has 1 fully saturated rings. The van der Waals surface area contributed by atoms with E-state index in [1.165, 1.54) is 24.0 Å². The molecule has 1 aliphatic rings. The molecule has 1 aromatic heterocycles. The van der Waals surface area contributed by atoms with Gasteiger partial charge in [-0.2, -0.15) is 11.3 Å². The van der Waals surface area contributed by atoms with Crippen LogP contribution in [0, 0.1) is 12.8 Å². The van der Waals surface area contributed by atoms with Crippen LogP contribution in [0.25, 0.3) is 0 Å². The van der Waals surface area contributed by atoms with Gasteiger partial charge < -0.3 is 5.32 Å². The highest BCUT2D eigenvalue weighted by molar-refractivity contribution is 7.08. The molecule has 1 unspecified atom stereocenters. The molecule has 0 radical (unpaired) electrons. The van der Waals surface area contributed by atoms with Crippen molar-refractivity contribution in [2.24, 2.45) is 5.92 Å². The van der Waals surface area contributed by atoms with E-state index in [2.05, 4.69) is 30.0 Å². The number of rotatable bonds is 3. The van der Waals surface area contributed by atoms with Crippen LogP contribution in [0.15, 0.2) is 10.8 Å². The van der Waals surface area contributed by atoms with E-state index in [9.17, 15) is 0 Å². The average molecular weight is 181 g/mol. The summed E-state index contributed by atoms with van der Waals surface area (Å²) in [5, 5.41) is 7.94. The Labute approximate surface area is 77.8 Å². The van der Waals surface area contributed by atoms with Crippen LogP contribution in [0.2, 0.25) is 0 Å². The van der Waals surface area contributed by atoms with E-state index in [-0.39, 0.29) is 0 Å². The van der Waals surface area contributed by atoms with Gasteiger partial charge in [-0.05, 0) is 54.6 Å². The lowest BCUT2D eigenvalue weighted by atomic mass is 10.0. The normalized spacial score (nSPS) is 19.5. The van der Waals surface area contributed by atoms with Gasteiger partial charge >= 0.3 is 0 Å². The third kappa shape index (κ3) is 1.41. The van der Waals surface area contributed by atoms with Crippen molar-refractivity contribution in [1.29, 1.82) is 0 Å². The number of hydrogen-bond donors (Lipinski definition) is 1. The van der Waals surface area contributed by atoms with E-state index in [0.717, 1.165) is 5.92 Å². The Morgan fingerprint density at radius 2 is 2.25 bits per heavy atom. The zero-order chi connectivity index (χ0) is 8.55. The number of aryl methyl sites for hydroxylation is 1. The van der Waals surface area contributed by atoms with Crippen LogP contribution in [0.4, 0.5) is 0 Å². The first-order valence-corrected chi connectivity index (χ1v) is 5.47. The van der Waals surface area contributed by atoms with Gasteiger partial charge in [-0.1, -0.05) is 0 Å². The molecule has 0 aliphatic heterocycles. The summed E-state index contributed by atoms with van der Waals surface area (Å²) in [6.45, 7) is 2.21. The maximum atomic E-state index is 3.41. The Balaban J connectivity index is 2.20. The zero-order valence-corrected chi connectivity index (χ0v) is 8.45. The average Bonchev–Trinajstić information content (AvgIpc) is 2.80. The molecule has 0 saturated heterocycles. The van der Waals surface area contributed by atoms with Gasteiger partial charge in [0.15, 0.2) is 0 Å². The van der Waals surface area contributed by atoms with Crippen LogP contribution in [0.5, 0.6) is 0 Å². The van der Waals surface area contributed by atoms with E-state index in [0.29, 0.717) is 6.04 Å². The van der Waals surface area contributed by atoms with Crippen molar-refractivity contribution in [3.63, 3.8) is 0 Å². The topological polar surface area (TPSA) is 12.0 Å². The first kappa shape index (κ1) is 8.27. The molecule has 2 heteroatoms. The molecule has 0 bridgehead atoms. The van der Waals surface area contributed by atoms with E-state index >= 15 is 0 Å². The molecular formula is C10H15NS. The number of thiophene rings is 1. The molecule has 0 spiro atoms. The minimum Gasteiger partial charge on any atom is -0.313 e. The van der Waals surface area contributed by atoms with Crippen molar-refractivity contribution in [2.45, 2.75) is 25.8 Å². The smallest absolute Gasteiger partial charge is 0.0357 e. The van der Waals surface area contributed by atoms with Gasteiger partial charge in [-0.25, -0.2) is 0 Å². The summed E-state index contributed by atoms with van der Waals surface area (Å²) in [6.07, 6.45) is 2.81. The molecule has 0 amide bonds. The van der Waals surface area contributed by atoms with Crippen LogP contribution in [0.1, 0.15) is 30.0 Å². The highest BCUT2D eigenvalue weighted by atomic mass is 32.1. The summed E-state index contributed by atoms with van der Waals surface area (Å²) in [4.78, 5) is 0. The SMILES string of the molecule is CNC(c1cscc1C)C1CC1. The lowest BCUT2D eigenvalue weighted by molar-refractivity contribution is 0.528. The summed E-state index contributed by atoms with van der Waals surface area (Å²) in [5.41, 5.74) is 2.97. The second kappa shape index (κ2) is 3.19. The Morgan fingerprint density at radius 3 is 2.67 bits per heavy atom. The van der Waals surface area contributed by atoms with E-state index in [1.54, 1.807) is 0 Å². The van der Waals surface area contributed by atoms with Crippen molar-refractivity contribution in [2.75, 3.05) is 7.05 Å². The molecule has 1 atom stereocenters. The molecule has 66 valence electrons. The fourth-order valence-corrected chi connectivity index (χ4v) is 2.65. The molecule has 2 rings (SSSR count). The van der Waals surface area contributed by atoms with Gasteiger partial charge in [-0.3, -0.25) is 0 Å². The van der Waals surface area contributed by atoms with Crippen LogP contribution in [-0.2, 0) is 0 Å². The third-order valence-electron chi connectivity index (χ3n) is 2.63. The molecule has 12 heavy (non-hydrogen) atoms. The van der Waals surface area contributed by atoms with Crippen LogP contribution < -0.4 is 5.32 Å². The fourth-order valence-electron chi connectivity index (χ4n) is 1.76. The second-order valence-electron chi connectivity index (χ2n) is 3.61. The molecule has 1 aromatic rings. The van der Waals surface area contributed by atoms with Crippen molar-refractivity contribution >= 4 is 11.3 Å². The standard InChI is InChI=1S/C10H15NS/c1-7-5-12-6-9(7)10(11-2)8-3-4-8/h5-6,8,10-11H,3-4H2,1-2H3. The van der Waals surface area contributed by atoms with Gasteiger partial charge in [0, 0.05) is 6.04 Å². The molecular weight excluding hydrogens is 166 g/mol. The quantitative estimate of drug-likeness (QED) is 0.756. The van der Waals surface area contributed by atoms with E-state index < -0.39 is 0 Å². The summed E-state index contributed by atoms with van der Waals surface area (Å²) >= 11 is 1.82. The van der Waals surface area contributed by atoms with Gasteiger partial charge in [-0.15, -0.1) is 0 Å². The maximum Gasteiger partial charge on any atom is 0.0357 e. The van der Waals surface area contributed by atoms with Crippen molar-refractivity contribution in [3.8, 4) is 0 Å². The fraction of sp³-hybridized carbons (Fsp3) is 0.600. The van der Waals surface area contributed by atoms with Crippen LogP contribution >= 0.6 is 11.3 Å². The third-order valence-corrected chi connectivity index (χ3v) is 3.51. The van der Waals surface area contributed by atoms with Crippen molar-refractivity contribution in [1.82, 2.24) is 5.32 Å². The predicted molar refractivity (Wildman–Crippen MR) is 53.6 cm³/mol. The Bertz CT molecular complexity index is 263. The minimum atomic E-state index is 0.622. The van der Waals surface area contributed by atoms with E-state index in [1.807, 2.05) is 11.3 Å². The number of hydrogen-bond acceptors (Lipinski definition) is 2. The van der Waals surface area contributed by atoms with Crippen molar-refractivity contribution in [3.05, 3.63) is 21.9 Å². The lowest BCUT2D eigenvalue weighted by Gasteiger charge is -2.14. The zero-order valence-electron chi connectivity index (χ0n) is 7.63. The molecule has 1 nitrogen and oxygen atoms in total. The van der Waals surface area contributed by atoms with Gasteiger partial charge in [0.05, 0.1) is 0 Å². The summed E-state index contributed by atoms with van der Waals surface area (Å²) in [7, 11) is 2.07. The lowest BCUT2D eigenvalue weighted by Crippen LogP contribution is -2.18. The van der Waals surface area contributed by atoms with Gasteiger partial charge in [0.1, 0.15) is 0 Å². The Kier molecular flexibility index (Phi) is 2.20. The molecule has 1 heterocycles. The second-order valence-corrected chi connectivity index (χ2v) is 4.36. The summed E-state index contributed by atoms with van der Waals surface area (Å²) < 4.78 is 0. The highest BCUT2D eigenvalue weighted by Crippen LogP contribution is 2.42. The van der Waals surface area contributed by atoms with E-state index in [4.69, 9.17) is 0 Å². The monoisotopic (exact) mass is 181 g/mol. The van der Waals surface area contributed by atoms with Gasteiger partial charge in [0.25, 0.3) is 0 Å². The van der Waals surface area contributed by atoms with Gasteiger partial charge in [0.2, 0.25) is 0 Å². The van der Waals surface area contributed by atoms with Crippen molar-refractivity contribution < 1.29 is 0 Å². The van der Waals surface area contributed by atoms with Crippen LogP contribution in [0.3, 0.4) is 0 Å². The Hall–Kier alpha value is -0.340. The first-order chi connectivity index (χ1) is 5.83. The molecule has 0 aromatic carbocycles. The highest BCUT2D eigenvalue weighted by Gasteiger charge is 2.31. The molecule has 1 saturated carbocycles. The number of nitrogens with one attached hydrogen (secondary N) is 1. The summed E-state index contributed by atoms with van der Waals surface area (Å²) in [5.74, 6) is 0.906.